The second-order valence-electron chi connectivity index (χ2n) is 5.48. The van der Waals surface area contributed by atoms with Crippen LogP contribution in [0.15, 0.2) is 0 Å². The van der Waals surface area contributed by atoms with Crippen LogP contribution in [0, 0.1) is 5.92 Å². The molecule has 0 bridgehead atoms. The lowest BCUT2D eigenvalue weighted by atomic mass is 10.1. The number of aliphatic carboxylic acids is 1. The molecule has 0 aliphatic heterocycles. The molecule has 0 amide bonds. The number of hydrogen-bond donors (Lipinski definition) is 1. The molecule has 0 radical (unpaired) electrons. The average molecular weight is 227 g/mol. The predicted octanol–water partition coefficient (Wildman–Crippen LogP) is 2.75. The lowest BCUT2D eigenvalue weighted by Crippen LogP contribution is -2.43. The summed E-state index contributed by atoms with van der Waals surface area (Å²) in [5.74, 6) is -0.0731. The van der Waals surface area contributed by atoms with E-state index in [2.05, 4.69) is 25.7 Å². The molecule has 1 fully saturated rings. The van der Waals surface area contributed by atoms with Gasteiger partial charge >= 0.3 is 5.97 Å². The van der Waals surface area contributed by atoms with Crippen LogP contribution >= 0.6 is 0 Å². The summed E-state index contributed by atoms with van der Waals surface area (Å²) >= 11 is 0. The fourth-order valence-corrected chi connectivity index (χ4v) is 2.72. The van der Waals surface area contributed by atoms with E-state index in [1.807, 2.05) is 0 Å². The molecule has 0 aromatic rings. The van der Waals surface area contributed by atoms with E-state index >= 15 is 0 Å². The number of carboxylic acid groups (broad SMARTS) is 1. The molecule has 1 N–H and O–H groups in total. The lowest BCUT2D eigenvalue weighted by Gasteiger charge is -2.35. The Kier molecular flexibility index (Phi) is 5.26. The minimum atomic E-state index is -0.681. The maximum absolute atomic E-state index is 10.8. The molecule has 1 atom stereocenters. The highest BCUT2D eigenvalue weighted by molar-refractivity contribution is 5.67. The van der Waals surface area contributed by atoms with Crippen molar-refractivity contribution in [2.45, 2.75) is 65.0 Å². The van der Waals surface area contributed by atoms with Crippen molar-refractivity contribution in [1.82, 2.24) is 4.90 Å². The lowest BCUT2D eigenvalue weighted by molar-refractivity contribution is -0.138. The Balaban J connectivity index is 2.57. The van der Waals surface area contributed by atoms with E-state index < -0.39 is 5.97 Å². The number of rotatable bonds is 6. The zero-order valence-corrected chi connectivity index (χ0v) is 10.8. The molecular formula is C13H25NO2. The van der Waals surface area contributed by atoms with E-state index in [0.29, 0.717) is 12.0 Å². The second-order valence-corrected chi connectivity index (χ2v) is 5.48. The van der Waals surface area contributed by atoms with Gasteiger partial charge in [-0.3, -0.25) is 9.69 Å². The van der Waals surface area contributed by atoms with Crippen molar-refractivity contribution in [3.8, 4) is 0 Å². The van der Waals surface area contributed by atoms with Crippen LogP contribution < -0.4 is 0 Å². The first kappa shape index (κ1) is 13.5. The summed E-state index contributed by atoms with van der Waals surface area (Å²) in [5, 5.41) is 8.88. The number of carbonyl (C=O) groups is 1. The predicted molar refractivity (Wildman–Crippen MR) is 65.5 cm³/mol. The van der Waals surface area contributed by atoms with Crippen LogP contribution in [-0.4, -0.2) is 34.6 Å². The third kappa shape index (κ3) is 4.12. The second kappa shape index (κ2) is 6.24. The normalized spacial score (nSPS) is 19.6. The minimum Gasteiger partial charge on any atom is -0.481 e. The molecule has 1 rings (SSSR count). The van der Waals surface area contributed by atoms with Gasteiger partial charge in [-0.2, -0.15) is 0 Å². The molecule has 3 heteroatoms. The Bertz CT molecular complexity index is 222. The molecule has 0 aromatic carbocycles. The third-order valence-corrected chi connectivity index (χ3v) is 3.41. The number of hydrogen-bond acceptors (Lipinski definition) is 2. The van der Waals surface area contributed by atoms with Crippen molar-refractivity contribution >= 4 is 5.97 Å². The summed E-state index contributed by atoms with van der Waals surface area (Å²) < 4.78 is 0. The van der Waals surface area contributed by atoms with Gasteiger partial charge in [-0.15, -0.1) is 0 Å². The minimum absolute atomic E-state index is 0.169. The van der Waals surface area contributed by atoms with Gasteiger partial charge in [-0.25, -0.2) is 0 Å². The van der Waals surface area contributed by atoms with E-state index in [-0.39, 0.29) is 12.5 Å². The van der Waals surface area contributed by atoms with Crippen LogP contribution in [0.4, 0.5) is 0 Å². The van der Waals surface area contributed by atoms with Crippen molar-refractivity contribution in [1.29, 1.82) is 0 Å². The summed E-state index contributed by atoms with van der Waals surface area (Å²) in [6.07, 6.45) is 5.37. The van der Waals surface area contributed by atoms with Crippen LogP contribution in [0.5, 0.6) is 0 Å². The molecule has 1 aliphatic carbocycles. The van der Waals surface area contributed by atoms with Crippen LogP contribution in [0.1, 0.15) is 52.9 Å². The maximum atomic E-state index is 10.8. The van der Waals surface area contributed by atoms with Crippen LogP contribution in [0.2, 0.25) is 0 Å². The molecular weight excluding hydrogens is 202 g/mol. The Labute approximate surface area is 98.8 Å². The van der Waals surface area contributed by atoms with E-state index in [1.165, 1.54) is 25.7 Å². The van der Waals surface area contributed by atoms with Crippen molar-refractivity contribution in [3.63, 3.8) is 0 Å². The maximum Gasteiger partial charge on any atom is 0.304 e. The first-order chi connectivity index (χ1) is 7.50. The molecule has 0 saturated heterocycles. The van der Waals surface area contributed by atoms with Gasteiger partial charge in [0.25, 0.3) is 0 Å². The van der Waals surface area contributed by atoms with E-state index in [4.69, 9.17) is 5.11 Å². The van der Waals surface area contributed by atoms with Gasteiger partial charge in [0.1, 0.15) is 0 Å². The first-order valence-electron chi connectivity index (χ1n) is 6.48. The standard InChI is InChI=1S/C13H25NO2/c1-10(2)9-14(11(3)8-13(15)16)12-6-4-5-7-12/h10-12H,4-9H2,1-3H3,(H,15,16). The Morgan fingerprint density at radius 1 is 1.31 bits per heavy atom. The van der Waals surface area contributed by atoms with Gasteiger partial charge in [-0.1, -0.05) is 26.7 Å². The smallest absolute Gasteiger partial charge is 0.304 e. The number of nitrogens with zero attached hydrogens (tertiary/aromatic N) is 1. The van der Waals surface area contributed by atoms with Crippen LogP contribution in [0.25, 0.3) is 0 Å². The molecule has 94 valence electrons. The molecule has 3 nitrogen and oxygen atoms in total. The molecule has 0 aromatic heterocycles. The zero-order chi connectivity index (χ0) is 12.1. The van der Waals surface area contributed by atoms with E-state index in [9.17, 15) is 4.79 Å². The van der Waals surface area contributed by atoms with Gasteiger partial charge in [0.15, 0.2) is 0 Å². The highest BCUT2D eigenvalue weighted by Gasteiger charge is 2.27. The summed E-state index contributed by atoms with van der Waals surface area (Å²) in [7, 11) is 0. The highest BCUT2D eigenvalue weighted by Crippen LogP contribution is 2.26. The summed E-state index contributed by atoms with van der Waals surface area (Å²) in [4.78, 5) is 13.2. The molecule has 16 heavy (non-hydrogen) atoms. The van der Waals surface area contributed by atoms with Crippen LogP contribution in [-0.2, 0) is 4.79 Å². The summed E-state index contributed by atoms with van der Waals surface area (Å²) in [6.45, 7) is 7.48. The van der Waals surface area contributed by atoms with Gasteiger partial charge < -0.3 is 5.11 Å². The topological polar surface area (TPSA) is 40.5 Å². The van der Waals surface area contributed by atoms with E-state index in [1.54, 1.807) is 0 Å². The Hall–Kier alpha value is -0.570. The van der Waals surface area contributed by atoms with Crippen molar-refractivity contribution in [2.24, 2.45) is 5.92 Å². The quantitative estimate of drug-likeness (QED) is 0.758. The first-order valence-corrected chi connectivity index (χ1v) is 6.48. The SMILES string of the molecule is CC(C)CN(C(C)CC(=O)O)C1CCCC1. The van der Waals surface area contributed by atoms with Crippen LogP contribution in [0.3, 0.4) is 0 Å². The van der Waals surface area contributed by atoms with Crippen molar-refractivity contribution in [2.75, 3.05) is 6.54 Å². The molecule has 1 unspecified atom stereocenters. The van der Waals surface area contributed by atoms with Gasteiger partial charge in [0, 0.05) is 18.6 Å². The highest BCUT2D eigenvalue weighted by atomic mass is 16.4. The molecule has 1 aliphatic rings. The van der Waals surface area contributed by atoms with Gasteiger partial charge in [-0.05, 0) is 25.7 Å². The zero-order valence-electron chi connectivity index (χ0n) is 10.8. The largest absolute Gasteiger partial charge is 0.481 e. The van der Waals surface area contributed by atoms with Gasteiger partial charge in [0.2, 0.25) is 0 Å². The molecule has 1 saturated carbocycles. The fraction of sp³-hybridized carbons (Fsp3) is 0.923. The molecule has 0 heterocycles. The van der Waals surface area contributed by atoms with Gasteiger partial charge in [0.05, 0.1) is 6.42 Å². The Morgan fingerprint density at radius 3 is 2.31 bits per heavy atom. The van der Waals surface area contributed by atoms with Crippen molar-refractivity contribution < 1.29 is 9.90 Å². The average Bonchev–Trinajstić information content (AvgIpc) is 2.64. The molecule has 0 spiro atoms. The summed E-state index contributed by atoms with van der Waals surface area (Å²) in [5.41, 5.74) is 0. The van der Waals surface area contributed by atoms with E-state index in [0.717, 1.165) is 6.54 Å². The summed E-state index contributed by atoms with van der Waals surface area (Å²) in [6, 6.07) is 0.791. The third-order valence-electron chi connectivity index (χ3n) is 3.41. The monoisotopic (exact) mass is 227 g/mol. The number of carboxylic acids is 1. The fourth-order valence-electron chi connectivity index (χ4n) is 2.72. The Morgan fingerprint density at radius 2 is 1.88 bits per heavy atom. The van der Waals surface area contributed by atoms with Crippen molar-refractivity contribution in [3.05, 3.63) is 0 Å².